The summed E-state index contributed by atoms with van der Waals surface area (Å²) >= 11 is 0. The van der Waals surface area contributed by atoms with Crippen LogP contribution in [0.2, 0.25) is 0 Å². The van der Waals surface area contributed by atoms with Crippen molar-refractivity contribution < 1.29 is 19.3 Å². The number of amides is 4. The van der Waals surface area contributed by atoms with Crippen molar-refractivity contribution in [1.29, 1.82) is 0 Å². The molecule has 0 bridgehead atoms. The van der Waals surface area contributed by atoms with Crippen LogP contribution in [0.5, 0.6) is 0 Å². The van der Waals surface area contributed by atoms with Gasteiger partial charge in [0.1, 0.15) is 0 Å². The maximum Gasteiger partial charge on any atom is 0.332 e. The molecule has 1 atom stereocenters. The van der Waals surface area contributed by atoms with E-state index in [-0.39, 0.29) is 6.04 Å². The van der Waals surface area contributed by atoms with Crippen LogP contribution in [0.3, 0.4) is 0 Å². The van der Waals surface area contributed by atoms with Crippen LogP contribution in [0, 0.1) is 5.92 Å². The number of nitrogens with zero attached hydrogens (tertiary/aromatic N) is 3. The summed E-state index contributed by atoms with van der Waals surface area (Å²) in [4.78, 5) is 46.1. The van der Waals surface area contributed by atoms with Gasteiger partial charge in [-0.3, -0.25) is 24.4 Å². The third-order valence-electron chi connectivity index (χ3n) is 5.58. The largest absolute Gasteiger partial charge is 0.335 e. The molecule has 1 N–H and O–H groups in total. The van der Waals surface area contributed by atoms with Crippen molar-refractivity contribution in [2.24, 2.45) is 10.9 Å². The second kappa shape index (κ2) is 10.3. The molecule has 1 saturated heterocycles. The average molecular weight is 402 g/mol. The van der Waals surface area contributed by atoms with Gasteiger partial charge in [-0.1, -0.05) is 30.3 Å². The number of benzene rings is 1. The van der Waals surface area contributed by atoms with E-state index in [1.807, 2.05) is 37.3 Å². The Bertz CT molecular complexity index is 735. The number of imide groups is 2. The van der Waals surface area contributed by atoms with Crippen molar-refractivity contribution in [2.45, 2.75) is 39.7 Å². The molecular formula is C22H33N4O3+. The van der Waals surface area contributed by atoms with Crippen LogP contribution >= 0.6 is 0 Å². The highest BCUT2D eigenvalue weighted by molar-refractivity contribution is 6.30. The third-order valence-corrected chi connectivity index (χ3v) is 5.58. The Morgan fingerprint density at radius 2 is 1.59 bits per heavy atom. The molecule has 4 amide bonds. The van der Waals surface area contributed by atoms with Gasteiger partial charge >= 0.3 is 6.03 Å². The number of hydrogen-bond donors (Lipinski definition) is 1. The van der Waals surface area contributed by atoms with Gasteiger partial charge in [0, 0.05) is 20.1 Å². The summed E-state index contributed by atoms with van der Waals surface area (Å²) in [6, 6.07) is 8.65. The molecule has 0 unspecified atom stereocenters. The molecule has 0 aromatic heterocycles. The van der Waals surface area contributed by atoms with E-state index in [2.05, 4.69) is 13.8 Å². The average Bonchev–Trinajstić information content (AvgIpc) is 2.74. The van der Waals surface area contributed by atoms with Crippen LogP contribution in [-0.2, 0) is 9.59 Å². The predicted octanol–water partition coefficient (Wildman–Crippen LogP) is 1.24. The van der Waals surface area contributed by atoms with Crippen LogP contribution in [0.15, 0.2) is 35.3 Å². The minimum Gasteiger partial charge on any atom is -0.335 e. The van der Waals surface area contributed by atoms with Crippen LogP contribution in [0.25, 0.3) is 0 Å². The van der Waals surface area contributed by atoms with E-state index >= 15 is 0 Å². The monoisotopic (exact) mass is 401 g/mol. The summed E-state index contributed by atoms with van der Waals surface area (Å²) in [6.07, 6.45) is 1.90. The molecule has 1 aromatic carbocycles. The quantitative estimate of drug-likeness (QED) is 0.500. The van der Waals surface area contributed by atoms with E-state index in [4.69, 9.17) is 4.99 Å². The SMILES string of the molecule is CC[NH+](CC)CCC[C@H](C)N=C(c1ccccc1)C1C(=O)N(C)C(=O)N(C)C1=O. The summed E-state index contributed by atoms with van der Waals surface area (Å²) in [7, 11) is 2.80. The zero-order chi connectivity index (χ0) is 21.6. The van der Waals surface area contributed by atoms with Crippen LogP contribution in [-0.4, -0.2) is 73.1 Å². The zero-order valence-electron chi connectivity index (χ0n) is 18.1. The van der Waals surface area contributed by atoms with E-state index < -0.39 is 23.8 Å². The van der Waals surface area contributed by atoms with Gasteiger partial charge in [0.15, 0.2) is 5.92 Å². The van der Waals surface area contributed by atoms with Crippen molar-refractivity contribution in [3.63, 3.8) is 0 Å². The van der Waals surface area contributed by atoms with Gasteiger partial charge in [0.05, 0.1) is 25.3 Å². The van der Waals surface area contributed by atoms with Gasteiger partial charge < -0.3 is 4.90 Å². The molecule has 2 rings (SSSR count). The first-order valence-corrected chi connectivity index (χ1v) is 10.4. The Hall–Kier alpha value is -2.54. The number of carbonyl (C=O) groups is 3. The van der Waals surface area contributed by atoms with Crippen molar-refractivity contribution >= 4 is 23.6 Å². The first-order valence-electron chi connectivity index (χ1n) is 10.4. The van der Waals surface area contributed by atoms with Gasteiger partial charge in [-0.25, -0.2) is 4.79 Å². The number of barbiturate groups is 1. The van der Waals surface area contributed by atoms with Crippen LogP contribution in [0.1, 0.15) is 39.2 Å². The molecule has 0 spiro atoms. The molecule has 1 fully saturated rings. The fourth-order valence-electron chi connectivity index (χ4n) is 3.62. The highest BCUT2D eigenvalue weighted by atomic mass is 16.2. The number of carbonyl (C=O) groups excluding carboxylic acids is 3. The van der Waals surface area contributed by atoms with Gasteiger partial charge in [-0.05, 0) is 39.2 Å². The van der Waals surface area contributed by atoms with Gasteiger partial charge in [0.2, 0.25) is 11.8 Å². The molecule has 7 heteroatoms. The van der Waals surface area contributed by atoms with E-state index in [0.29, 0.717) is 5.71 Å². The molecule has 29 heavy (non-hydrogen) atoms. The Morgan fingerprint density at radius 1 is 1.03 bits per heavy atom. The number of urea groups is 1. The molecule has 7 nitrogen and oxygen atoms in total. The molecule has 1 aliphatic heterocycles. The normalized spacial score (nSPS) is 17.4. The highest BCUT2D eigenvalue weighted by Gasteiger charge is 2.45. The van der Waals surface area contributed by atoms with Crippen LogP contribution < -0.4 is 4.90 Å². The minimum atomic E-state index is -1.10. The van der Waals surface area contributed by atoms with E-state index in [9.17, 15) is 14.4 Å². The first-order chi connectivity index (χ1) is 13.8. The number of hydrogen-bond acceptors (Lipinski definition) is 4. The molecule has 1 aliphatic rings. The molecular weight excluding hydrogens is 368 g/mol. The fourth-order valence-corrected chi connectivity index (χ4v) is 3.62. The molecule has 0 saturated carbocycles. The topological polar surface area (TPSA) is 74.5 Å². The fraction of sp³-hybridized carbons (Fsp3) is 0.545. The third kappa shape index (κ3) is 5.29. The molecule has 0 aliphatic carbocycles. The van der Waals surface area contributed by atoms with Gasteiger partial charge in [0.25, 0.3) is 0 Å². The Balaban J connectivity index is 2.30. The van der Waals surface area contributed by atoms with E-state index in [0.717, 1.165) is 47.8 Å². The maximum atomic E-state index is 12.8. The standard InChI is InChI=1S/C22H32N4O3/c1-6-26(7-2)15-11-12-16(3)23-19(17-13-9-8-10-14-17)18-20(27)24(4)22(29)25(5)21(18)28/h8-10,13-14,16,18H,6-7,11-12,15H2,1-5H3/p+1/t16-/m0/s1. The summed E-state index contributed by atoms with van der Waals surface area (Å²) in [6.45, 7) is 9.65. The molecule has 1 heterocycles. The lowest BCUT2D eigenvalue weighted by atomic mass is 9.92. The summed E-state index contributed by atoms with van der Waals surface area (Å²) in [5.74, 6) is -2.15. The van der Waals surface area contributed by atoms with E-state index in [1.54, 1.807) is 4.90 Å². The van der Waals surface area contributed by atoms with Crippen molar-refractivity contribution in [2.75, 3.05) is 33.7 Å². The predicted molar refractivity (Wildman–Crippen MR) is 113 cm³/mol. The Labute approximate surface area is 173 Å². The first kappa shape index (κ1) is 22.7. The second-order valence-electron chi connectivity index (χ2n) is 7.59. The molecule has 158 valence electrons. The van der Waals surface area contributed by atoms with Gasteiger partial charge in [-0.15, -0.1) is 0 Å². The van der Waals surface area contributed by atoms with Crippen molar-refractivity contribution in [3.05, 3.63) is 35.9 Å². The number of rotatable bonds is 9. The Morgan fingerprint density at radius 3 is 2.10 bits per heavy atom. The second-order valence-corrected chi connectivity index (χ2v) is 7.59. The van der Waals surface area contributed by atoms with Crippen molar-refractivity contribution in [3.8, 4) is 0 Å². The summed E-state index contributed by atoms with van der Waals surface area (Å²) in [5.41, 5.74) is 1.17. The van der Waals surface area contributed by atoms with E-state index in [1.165, 1.54) is 14.1 Å². The lowest BCUT2D eigenvalue weighted by Crippen LogP contribution is -3.11. The molecule has 1 aromatic rings. The minimum absolute atomic E-state index is 0.0333. The van der Waals surface area contributed by atoms with Crippen LogP contribution in [0.4, 0.5) is 4.79 Å². The highest BCUT2D eigenvalue weighted by Crippen LogP contribution is 2.22. The lowest BCUT2D eigenvalue weighted by molar-refractivity contribution is -0.896. The number of nitrogens with one attached hydrogen (secondary N) is 1. The number of aliphatic imine (C=N–C) groups is 1. The van der Waals surface area contributed by atoms with Gasteiger partial charge in [-0.2, -0.15) is 0 Å². The maximum absolute atomic E-state index is 12.8. The van der Waals surface area contributed by atoms with Crippen molar-refractivity contribution in [1.82, 2.24) is 9.80 Å². The number of quaternary nitrogens is 1. The summed E-state index contributed by atoms with van der Waals surface area (Å²) in [5, 5.41) is 0. The smallest absolute Gasteiger partial charge is 0.332 e. The zero-order valence-corrected chi connectivity index (χ0v) is 18.1. The summed E-state index contributed by atoms with van der Waals surface area (Å²) < 4.78 is 0. The Kier molecular flexibility index (Phi) is 8.08. The lowest BCUT2D eigenvalue weighted by Gasteiger charge is -2.33. The molecule has 0 radical (unpaired) electrons.